The summed E-state index contributed by atoms with van der Waals surface area (Å²) in [5, 5.41) is 7.01. The van der Waals surface area contributed by atoms with Crippen molar-refractivity contribution < 1.29 is 14.1 Å². The van der Waals surface area contributed by atoms with Crippen LogP contribution in [-0.4, -0.2) is 52.3 Å². The zero-order valence-electron chi connectivity index (χ0n) is 16.8. The van der Waals surface area contributed by atoms with Gasteiger partial charge >= 0.3 is 0 Å². The fourth-order valence-electron chi connectivity index (χ4n) is 3.59. The number of anilines is 1. The van der Waals surface area contributed by atoms with E-state index in [0.717, 1.165) is 37.4 Å². The third-order valence-electron chi connectivity index (χ3n) is 5.01. The number of aryl methyl sites for hydroxylation is 1. The summed E-state index contributed by atoms with van der Waals surface area (Å²) in [7, 11) is 1.68. The molecule has 1 saturated heterocycles. The van der Waals surface area contributed by atoms with E-state index in [0.29, 0.717) is 24.0 Å². The van der Waals surface area contributed by atoms with Crippen molar-refractivity contribution in [2.75, 3.05) is 25.1 Å². The number of methoxy groups -OCH3 is 1. The summed E-state index contributed by atoms with van der Waals surface area (Å²) in [6.07, 6.45) is 5.84. The number of para-hydroxylation sites is 2. The summed E-state index contributed by atoms with van der Waals surface area (Å²) >= 11 is 0. The fourth-order valence-corrected chi connectivity index (χ4v) is 3.59. The Balaban J connectivity index is 1.29. The van der Waals surface area contributed by atoms with Gasteiger partial charge in [0.1, 0.15) is 5.75 Å². The first kappa shape index (κ1) is 19.8. The van der Waals surface area contributed by atoms with E-state index >= 15 is 0 Å². The lowest BCUT2D eigenvalue weighted by atomic mass is 10.0. The second-order valence-corrected chi connectivity index (χ2v) is 7.11. The van der Waals surface area contributed by atoms with Crippen LogP contribution in [0.15, 0.2) is 47.2 Å². The average Bonchev–Trinajstić information content (AvgIpc) is 3.28. The number of rotatable bonds is 7. The number of aromatic nitrogens is 4. The first-order valence-electron chi connectivity index (χ1n) is 10.00. The first-order valence-corrected chi connectivity index (χ1v) is 10.00. The van der Waals surface area contributed by atoms with Crippen LogP contribution in [0.1, 0.15) is 25.2 Å². The van der Waals surface area contributed by atoms with Gasteiger partial charge < -0.3 is 19.5 Å². The molecule has 1 aliphatic heterocycles. The van der Waals surface area contributed by atoms with Gasteiger partial charge in [-0.05, 0) is 31.0 Å². The van der Waals surface area contributed by atoms with Gasteiger partial charge in [0, 0.05) is 44.4 Å². The van der Waals surface area contributed by atoms with Gasteiger partial charge in [-0.2, -0.15) is 4.98 Å². The highest BCUT2D eigenvalue weighted by molar-refractivity contribution is 5.76. The van der Waals surface area contributed by atoms with Crippen molar-refractivity contribution >= 4 is 11.6 Å². The largest absolute Gasteiger partial charge is 0.495 e. The lowest BCUT2D eigenvalue weighted by Gasteiger charge is -2.35. The summed E-state index contributed by atoms with van der Waals surface area (Å²) < 4.78 is 10.7. The van der Waals surface area contributed by atoms with E-state index in [9.17, 15) is 4.79 Å². The van der Waals surface area contributed by atoms with Crippen LogP contribution in [0.5, 0.6) is 5.75 Å². The fraction of sp³-hybridized carbons (Fsp3) is 0.381. The molecule has 2 aromatic heterocycles. The van der Waals surface area contributed by atoms with Crippen molar-refractivity contribution in [3.8, 4) is 17.4 Å². The van der Waals surface area contributed by atoms with E-state index in [1.54, 1.807) is 25.6 Å². The average molecular weight is 408 g/mol. The van der Waals surface area contributed by atoms with E-state index in [2.05, 4.69) is 30.3 Å². The number of carbonyl (C=O) groups is 1. The van der Waals surface area contributed by atoms with Crippen LogP contribution in [0.3, 0.4) is 0 Å². The number of carbonyl (C=O) groups excluding carboxylic acids is 1. The molecule has 1 amide bonds. The van der Waals surface area contributed by atoms with Gasteiger partial charge in [0.25, 0.3) is 0 Å². The predicted molar refractivity (Wildman–Crippen MR) is 110 cm³/mol. The van der Waals surface area contributed by atoms with E-state index in [-0.39, 0.29) is 18.4 Å². The molecule has 0 radical (unpaired) electrons. The lowest BCUT2D eigenvalue weighted by molar-refractivity contribution is -0.121. The highest BCUT2D eigenvalue weighted by atomic mass is 16.5. The van der Waals surface area contributed by atoms with Crippen molar-refractivity contribution in [3.05, 3.63) is 48.6 Å². The van der Waals surface area contributed by atoms with Gasteiger partial charge in [-0.25, -0.2) is 9.97 Å². The van der Waals surface area contributed by atoms with E-state index < -0.39 is 0 Å². The van der Waals surface area contributed by atoms with Gasteiger partial charge in [0.15, 0.2) is 0 Å². The van der Waals surface area contributed by atoms with Crippen LogP contribution < -0.4 is 15.0 Å². The zero-order chi connectivity index (χ0) is 20.8. The molecular formula is C21H24N6O3. The normalized spacial score (nSPS) is 16.3. The van der Waals surface area contributed by atoms with Crippen LogP contribution in [0.25, 0.3) is 11.6 Å². The minimum absolute atomic E-state index is 0.0300. The number of ether oxygens (including phenoxy) is 1. The zero-order valence-corrected chi connectivity index (χ0v) is 16.8. The Morgan fingerprint density at radius 1 is 1.23 bits per heavy atom. The number of hydrogen-bond donors (Lipinski definition) is 1. The predicted octanol–water partition coefficient (Wildman–Crippen LogP) is 2.25. The minimum atomic E-state index is -0.0300. The first-order chi connectivity index (χ1) is 14.7. The van der Waals surface area contributed by atoms with Crippen LogP contribution in [0.2, 0.25) is 0 Å². The molecule has 1 aliphatic rings. The van der Waals surface area contributed by atoms with E-state index in [1.165, 1.54) is 0 Å². The highest BCUT2D eigenvalue weighted by Crippen LogP contribution is 2.29. The molecule has 1 N–H and O–H groups in total. The Labute approximate surface area is 174 Å². The number of piperidine rings is 1. The highest BCUT2D eigenvalue weighted by Gasteiger charge is 2.23. The number of hydrogen-bond acceptors (Lipinski definition) is 8. The van der Waals surface area contributed by atoms with Crippen molar-refractivity contribution in [2.45, 2.75) is 31.7 Å². The molecule has 0 spiro atoms. The van der Waals surface area contributed by atoms with Crippen LogP contribution in [0.4, 0.5) is 5.69 Å². The Bertz CT molecular complexity index is 978. The van der Waals surface area contributed by atoms with Gasteiger partial charge in [0.05, 0.1) is 12.8 Å². The van der Waals surface area contributed by atoms with Crippen molar-refractivity contribution in [1.29, 1.82) is 0 Å². The molecule has 0 bridgehead atoms. The molecule has 1 unspecified atom stereocenters. The molecule has 9 heteroatoms. The molecule has 4 rings (SSSR count). The van der Waals surface area contributed by atoms with Crippen LogP contribution >= 0.6 is 0 Å². The van der Waals surface area contributed by atoms with Gasteiger partial charge in [-0.1, -0.05) is 17.3 Å². The Kier molecular flexibility index (Phi) is 6.17. The second-order valence-electron chi connectivity index (χ2n) is 7.11. The smallest absolute Gasteiger partial charge is 0.240 e. The Morgan fingerprint density at radius 2 is 2.07 bits per heavy atom. The van der Waals surface area contributed by atoms with Gasteiger partial charge in [-0.3, -0.25) is 4.79 Å². The Hall–Kier alpha value is -3.49. The summed E-state index contributed by atoms with van der Waals surface area (Å²) in [6, 6.07) is 9.77. The number of nitrogens with zero attached hydrogens (tertiary/aromatic N) is 5. The summed E-state index contributed by atoms with van der Waals surface area (Å²) in [5.41, 5.74) is 1.06. The number of nitrogens with one attached hydrogen (secondary N) is 1. The summed E-state index contributed by atoms with van der Waals surface area (Å²) in [4.78, 5) is 27.2. The maximum Gasteiger partial charge on any atom is 0.240 e. The maximum absolute atomic E-state index is 12.5. The van der Waals surface area contributed by atoms with E-state index in [1.807, 2.05) is 24.3 Å². The second kappa shape index (κ2) is 9.34. The third kappa shape index (κ3) is 4.73. The summed E-state index contributed by atoms with van der Waals surface area (Å²) in [6.45, 7) is 1.70. The molecule has 1 atom stereocenters. The molecule has 0 saturated carbocycles. The van der Waals surface area contributed by atoms with Crippen LogP contribution in [0, 0.1) is 0 Å². The van der Waals surface area contributed by atoms with E-state index in [4.69, 9.17) is 9.26 Å². The molecule has 30 heavy (non-hydrogen) atoms. The number of amides is 1. The standard InChI is InChI=1S/C21H24N6O3/c1-29-17-8-3-2-7-16(17)27-13-4-6-15(14-27)24-18(28)9-10-19-25-21(26-30-19)20-22-11-5-12-23-20/h2-3,5,7-8,11-12,15H,4,6,9-10,13-14H2,1H3,(H,24,28). The molecule has 156 valence electrons. The topological polar surface area (TPSA) is 106 Å². The Morgan fingerprint density at radius 3 is 2.90 bits per heavy atom. The van der Waals surface area contributed by atoms with Gasteiger partial charge in [0.2, 0.25) is 23.4 Å². The summed E-state index contributed by atoms with van der Waals surface area (Å²) in [5.74, 6) is 1.94. The van der Waals surface area contributed by atoms with Crippen molar-refractivity contribution in [2.24, 2.45) is 0 Å². The molecule has 0 aliphatic carbocycles. The monoisotopic (exact) mass is 408 g/mol. The lowest BCUT2D eigenvalue weighted by Crippen LogP contribution is -2.48. The quantitative estimate of drug-likeness (QED) is 0.634. The minimum Gasteiger partial charge on any atom is -0.495 e. The van der Waals surface area contributed by atoms with Crippen LogP contribution in [-0.2, 0) is 11.2 Å². The van der Waals surface area contributed by atoms with Crippen molar-refractivity contribution in [1.82, 2.24) is 25.4 Å². The molecule has 1 aromatic carbocycles. The molecule has 1 fully saturated rings. The molecular weight excluding hydrogens is 384 g/mol. The molecule has 9 nitrogen and oxygen atoms in total. The third-order valence-corrected chi connectivity index (χ3v) is 5.01. The SMILES string of the molecule is COc1ccccc1N1CCCC(NC(=O)CCc2nc(-c3ncccn3)no2)C1. The van der Waals surface area contributed by atoms with Gasteiger partial charge in [-0.15, -0.1) is 0 Å². The van der Waals surface area contributed by atoms with Crippen molar-refractivity contribution in [3.63, 3.8) is 0 Å². The molecule has 3 heterocycles. The maximum atomic E-state index is 12.5. The molecule has 3 aromatic rings. The number of benzene rings is 1.